The van der Waals surface area contributed by atoms with Crippen LogP contribution in [0.2, 0.25) is 0 Å². The smallest absolute Gasteiger partial charge is 0.267 e. The highest BCUT2D eigenvalue weighted by Gasteiger charge is 2.35. The number of benzene rings is 1. The van der Waals surface area contributed by atoms with E-state index in [-0.39, 0.29) is 19.1 Å². The van der Waals surface area contributed by atoms with Crippen molar-refractivity contribution in [1.29, 1.82) is 0 Å². The van der Waals surface area contributed by atoms with Crippen LogP contribution in [0.15, 0.2) is 30.5 Å². The number of nitrogens with zero attached hydrogens (tertiary/aromatic N) is 3. The summed E-state index contributed by atoms with van der Waals surface area (Å²) in [6, 6.07) is 7.34. The molecule has 0 saturated heterocycles. The number of aliphatic hydroxyl groups is 1. The fraction of sp³-hybridized carbons (Fsp3) is 0.375. The van der Waals surface area contributed by atoms with Gasteiger partial charge in [-0.25, -0.2) is 0 Å². The highest BCUT2D eigenvalue weighted by Crippen LogP contribution is 2.32. The van der Waals surface area contributed by atoms with E-state index in [0.717, 1.165) is 11.3 Å². The lowest BCUT2D eigenvalue weighted by molar-refractivity contribution is -0.141. The summed E-state index contributed by atoms with van der Waals surface area (Å²) in [5.74, 6) is 1.17. The SMILES string of the molecule is O=C([C@@H]1COc2ccccc2O1)N1Cc2cnn(CCO)c2C1. The Labute approximate surface area is 133 Å². The molecule has 0 radical (unpaired) electrons. The predicted molar refractivity (Wildman–Crippen MR) is 79.9 cm³/mol. The van der Waals surface area contributed by atoms with Crippen LogP contribution in [0.3, 0.4) is 0 Å². The molecule has 1 amide bonds. The van der Waals surface area contributed by atoms with Gasteiger partial charge >= 0.3 is 0 Å². The van der Waals surface area contributed by atoms with Crippen LogP contribution in [-0.2, 0) is 24.4 Å². The number of rotatable bonds is 3. The van der Waals surface area contributed by atoms with Gasteiger partial charge in [0.2, 0.25) is 6.10 Å². The van der Waals surface area contributed by atoms with Crippen LogP contribution in [0.5, 0.6) is 11.5 Å². The Bertz CT molecular complexity index is 743. The molecule has 2 aliphatic heterocycles. The molecule has 2 aromatic rings. The summed E-state index contributed by atoms with van der Waals surface area (Å²) in [5.41, 5.74) is 1.99. The first-order valence-electron chi connectivity index (χ1n) is 7.58. The number of carbonyl (C=O) groups is 1. The van der Waals surface area contributed by atoms with E-state index >= 15 is 0 Å². The Morgan fingerprint density at radius 1 is 1.30 bits per heavy atom. The van der Waals surface area contributed by atoms with E-state index in [4.69, 9.17) is 14.6 Å². The zero-order chi connectivity index (χ0) is 15.8. The second kappa shape index (κ2) is 5.58. The average Bonchev–Trinajstić information content (AvgIpc) is 3.16. The van der Waals surface area contributed by atoms with Crippen LogP contribution >= 0.6 is 0 Å². The number of para-hydroxylation sites is 2. The third kappa shape index (κ3) is 2.43. The molecule has 23 heavy (non-hydrogen) atoms. The molecule has 120 valence electrons. The Morgan fingerprint density at radius 3 is 2.96 bits per heavy atom. The summed E-state index contributed by atoms with van der Waals surface area (Å²) < 4.78 is 13.1. The van der Waals surface area contributed by atoms with Crippen molar-refractivity contribution in [2.45, 2.75) is 25.7 Å². The third-order valence-corrected chi connectivity index (χ3v) is 4.14. The van der Waals surface area contributed by atoms with Gasteiger partial charge in [-0.1, -0.05) is 12.1 Å². The number of aliphatic hydroxyl groups excluding tert-OH is 1. The first kappa shape index (κ1) is 14.1. The number of hydrogen-bond acceptors (Lipinski definition) is 5. The Kier molecular flexibility index (Phi) is 3.42. The largest absolute Gasteiger partial charge is 0.485 e. The zero-order valence-electron chi connectivity index (χ0n) is 12.5. The molecule has 4 rings (SSSR count). The minimum absolute atomic E-state index is 0.0262. The zero-order valence-corrected chi connectivity index (χ0v) is 12.5. The summed E-state index contributed by atoms with van der Waals surface area (Å²) in [7, 11) is 0. The van der Waals surface area contributed by atoms with Gasteiger partial charge in [0.1, 0.15) is 6.61 Å². The fourth-order valence-corrected chi connectivity index (χ4v) is 3.00. The molecule has 0 saturated carbocycles. The Balaban J connectivity index is 1.47. The summed E-state index contributed by atoms with van der Waals surface area (Å²) in [4.78, 5) is 14.4. The standard InChI is InChI=1S/C16H17N3O4/c20-6-5-19-12-9-18(8-11(12)7-17-19)16(21)15-10-22-13-3-1-2-4-14(13)23-15/h1-4,7,15,20H,5-6,8-10H2/t15-/m0/s1. The van der Waals surface area contributed by atoms with E-state index in [2.05, 4.69) is 5.10 Å². The number of hydrogen-bond donors (Lipinski definition) is 1. The molecular weight excluding hydrogens is 298 g/mol. The van der Waals surface area contributed by atoms with Crippen molar-refractivity contribution in [2.24, 2.45) is 0 Å². The molecule has 3 heterocycles. The molecule has 0 spiro atoms. The van der Waals surface area contributed by atoms with Gasteiger partial charge in [0, 0.05) is 12.1 Å². The van der Waals surface area contributed by atoms with Gasteiger partial charge in [-0.05, 0) is 12.1 Å². The van der Waals surface area contributed by atoms with Gasteiger partial charge in [0.15, 0.2) is 11.5 Å². The summed E-state index contributed by atoms with van der Waals surface area (Å²) in [6.07, 6.45) is 1.12. The fourth-order valence-electron chi connectivity index (χ4n) is 3.00. The van der Waals surface area contributed by atoms with Crippen LogP contribution in [0.1, 0.15) is 11.3 Å². The van der Waals surface area contributed by atoms with Gasteiger partial charge in [0.05, 0.1) is 31.6 Å². The minimum Gasteiger partial charge on any atom is -0.485 e. The second-order valence-corrected chi connectivity index (χ2v) is 5.62. The Morgan fingerprint density at radius 2 is 2.13 bits per heavy atom. The summed E-state index contributed by atoms with van der Waals surface area (Å²) in [5, 5.41) is 13.3. The highest BCUT2D eigenvalue weighted by atomic mass is 16.6. The van der Waals surface area contributed by atoms with E-state index in [9.17, 15) is 4.79 Å². The predicted octanol–water partition coefficient (Wildman–Crippen LogP) is 0.558. The van der Waals surface area contributed by atoms with E-state index in [0.29, 0.717) is 31.1 Å². The number of aromatic nitrogens is 2. The molecule has 7 nitrogen and oxygen atoms in total. The van der Waals surface area contributed by atoms with Crippen molar-refractivity contribution in [3.8, 4) is 11.5 Å². The lowest BCUT2D eigenvalue weighted by Gasteiger charge is -2.28. The van der Waals surface area contributed by atoms with Crippen molar-refractivity contribution in [3.05, 3.63) is 41.7 Å². The quantitative estimate of drug-likeness (QED) is 0.895. The first-order chi connectivity index (χ1) is 11.3. The third-order valence-electron chi connectivity index (χ3n) is 4.14. The first-order valence-corrected chi connectivity index (χ1v) is 7.58. The topological polar surface area (TPSA) is 76.8 Å². The molecule has 1 atom stereocenters. The lowest BCUT2D eigenvalue weighted by Crippen LogP contribution is -2.44. The molecule has 0 fully saturated rings. The number of ether oxygens (including phenoxy) is 2. The summed E-state index contributed by atoms with van der Waals surface area (Å²) in [6.45, 7) is 1.68. The van der Waals surface area contributed by atoms with Crippen LogP contribution < -0.4 is 9.47 Å². The van der Waals surface area contributed by atoms with Crippen molar-refractivity contribution < 1.29 is 19.4 Å². The monoisotopic (exact) mass is 315 g/mol. The van der Waals surface area contributed by atoms with Crippen LogP contribution in [0, 0.1) is 0 Å². The number of carbonyl (C=O) groups excluding carboxylic acids is 1. The maximum atomic E-state index is 12.7. The number of fused-ring (bicyclic) bond motifs is 2. The molecule has 1 aromatic heterocycles. The Hall–Kier alpha value is -2.54. The maximum Gasteiger partial charge on any atom is 0.267 e. The van der Waals surface area contributed by atoms with Crippen LogP contribution in [0.25, 0.3) is 0 Å². The highest BCUT2D eigenvalue weighted by molar-refractivity contribution is 5.82. The van der Waals surface area contributed by atoms with Crippen LogP contribution in [-0.4, -0.2) is 45.0 Å². The van der Waals surface area contributed by atoms with Gasteiger partial charge < -0.3 is 19.5 Å². The number of amides is 1. The molecule has 7 heteroatoms. The minimum atomic E-state index is -0.631. The van der Waals surface area contributed by atoms with Gasteiger partial charge in [0.25, 0.3) is 5.91 Å². The van der Waals surface area contributed by atoms with Crippen molar-refractivity contribution in [2.75, 3.05) is 13.2 Å². The maximum absolute atomic E-state index is 12.7. The summed E-state index contributed by atoms with van der Waals surface area (Å²) >= 11 is 0. The van der Waals surface area contributed by atoms with E-state index in [1.54, 1.807) is 21.8 Å². The molecule has 0 bridgehead atoms. The van der Waals surface area contributed by atoms with E-state index < -0.39 is 6.10 Å². The van der Waals surface area contributed by atoms with Crippen LogP contribution in [0.4, 0.5) is 0 Å². The van der Waals surface area contributed by atoms with Crippen molar-refractivity contribution >= 4 is 5.91 Å². The molecule has 2 aliphatic rings. The second-order valence-electron chi connectivity index (χ2n) is 5.62. The van der Waals surface area contributed by atoms with Gasteiger partial charge in [-0.3, -0.25) is 9.48 Å². The molecule has 1 N–H and O–H groups in total. The van der Waals surface area contributed by atoms with Crippen molar-refractivity contribution in [3.63, 3.8) is 0 Å². The molecular formula is C16H17N3O4. The molecule has 0 aliphatic carbocycles. The molecule has 0 unspecified atom stereocenters. The van der Waals surface area contributed by atoms with Crippen molar-refractivity contribution in [1.82, 2.24) is 14.7 Å². The normalized spacial score (nSPS) is 18.8. The lowest BCUT2D eigenvalue weighted by atomic mass is 10.2. The average molecular weight is 315 g/mol. The van der Waals surface area contributed by atoms with E-state index in [1.165, 1.54) is 0 Å². The molecule has 1 aromatic carbocycles. The van der Waals surface area contributed by atoms with Gasteiger partial charge in [-0.2, -0.15) is 5.10 Å². The van der Waals surface area contributed by atoms with E-state index in [1.807, 2.05) is 18.2 Å². The van der Waals surface area contributed by atoms with Gasteiger partial charge in [-0.15, -0.1) is 0 Å².